The van der Waals surface area contributed by atoms with Gasteiger partial charge < -0.3 is 11.1 Å². The van der Waals surface area contributed by atoms with Crippen LogP contribution in [0.4, 0.5) is 26.3 Å². The first kappa shape index (κ1) is 25.5. The fourth-order valence-electron chi connectivity index (χ4n) is 2.83. The number of nitrogens with one attached hydrogen (secondary N) is 1. The SMILES string of the molecule is C=CCCCCCC[C@@H](NC(=O)Cc1cc(C(F)(F)F)cc(C(F)(F)F)c1)C(N)=O. The maximum atomic E-state index is 12.9. The first-order chi connectivity index (χ1) is 13.8. The minimum absolute atomic E-state index is 0.0139. The van der Waals surface area contributed by atoms with E-state index in [1.165, 1.54) is 0 Å². The zero-order chi connectivity index (χ0) is 22.9. The van der Waals surface area contributed by atoms with E-state index in [0.717, 1.165) is 25.7 Å². The summed E-state index contributed by atoms with van der Waals surface area (Å²) >= 11 is 0. The number of amides is 2. The molecule has 0 aliphatic carbocycles. The first-order valence-corrected chi connectivity index (χ1v) is 9.32. The number of carbonyl (C=O) groups is 2. The molecular weight excluding hydrogens is 414 g/mol. The Kier molecular flexibility index (Phi) is 9.38. The summed E-state index contributed by atoms with van der Waals surface area (Å²) in [6.07, 6.45) is -4.74. The number of hydrogen-bond donors (Lipinski definition) is 2. The van der Waals surface area contributed by atoms with Crippen molar-refractivity contribution in [1.29, 1.82) is 0 Å². The van der Waals surface area contributed by atoms with E-state index in [0.29, 0.717) is 18.6 Å². The van der Waals surface area contributed by atoms with Gasteiger partial charge in [-0.25, -0.2) is 0 Å². The monoisotopic (exact) mass is 438 g/mol. The summed E-state index contributed by atoms with van der Waals surface area (Å²) in [6.45, 7) is 3.60. The van der Waals surface area contributed by atoms with Crippen molar-refractivity contribution >= 4 is 11.8 Å². The van der Waals surface area contributed by atoms with Gasteiger partial charge in [0.15, 0.2) is 0 Å². The van der Waals surface area contributed by atoms with E-state index in [4.69, 9.17) is 5.73 Å². The van der Waals surface area contributed by atoms with Crippen molar-refractivity contribution in [3.63, 3.8) is 0 Å². The quantitative estimate of drug-likeness (QED) is 0.297. The molecule has 1 aromatic rings. The van der Waals surface area contributed by atoms with E-state index in [2.05, 4.69) is 11.9 Å². The minimum Gasteiger partial charge on any atom is -0.368 e. The van der Waals surface area contributed by atoms with Gasteiger partial charge in [-0.3, -0.25) is 9.59 Å². The Balaban J connectivity index is 2.81. The number of halogens is 6. The van der Waals surface area contributed by atoms with Crippen molar-refractivity contribution in [1.82, 2.24) is 5.32 Å². The highest BCUT2D eigenvalue weighted by atomic mass is 19.4. The van der Waals surface area contributed by atoms with Gasteiger partial charge in [0, 0.05) is 0 Å². The molecule has 0 fully saturated rings. The molecule has 0 heterocycles. The largest absolute Gasteiger partial charge is 0.416 e. The third-order valence-corrected chi connectivity index (χ3v) is 4.34. The summed E-state index contributed by atoms with van der Waals surface area (Å²) < 4.78 is 77.4. The highest BCUT2D eigenvalue weighted by molar-refractivity contribution is 5.87. The molecule has 1 atom stereocenters. The molecule has 1 aromatic carbocycles. The lowest BCUT2D eigenvalue weighted by Crippen LogP contribution is -2.45. The molecule has 4 nitrogen and oxygen atoms in total. The molecule has 0 saturated carbocycles. The fourth-order valence-corrected chi connectivity index (χ4v) is 2.83. The number of hydrogen-bond acceptors (Lipinski definition) is 2. The van der Waals surface area contributed by atoms with Gasteiger partial charge in [0.1, 0.15) is 6.04 Å². The third-order valence-electron chi connectivity index (χ3n) is 4.34. The van der Waals surface area contributed by atoms with Gasteiger partial charge in [0.05, 0.1) is 17.5 Å². The van der Waals surface area contributed by atoms with Crippen LogP contribution in [-0.2, 0) is 28.4 Å². The number of carbonyl (C=O) groups excluding carboxylic acids is 2. The molecule has 168 valence electrons. The Labute approximate surface area is 170 Å². The van der Waals surface area contributed by atoms with E-state index >= 15 is 0 Å². The predicted molar refractivity (Wildman–Crippen MR) is 99.2 cm³/mol. The van der Waals surface area contributed by atoms with Gasteiger partial charge in [0.2, 0.25) is 11.8 Å². The third kappa shape index (κ3) is 8.87. The Morgan fingerprint density at radius 2 is 1.50 bits per heavy atom. The maximum absolute atomic E-state index is 12.9. The summed E-state index contributed by atoms with van der Waals surface area (Å²) in [7, 11) is 0. The number of rotatable bonds is 11. The van der Waals surface area contributed by atoms with Crippen LogP contribution in [0.1, 0.15) is 55.2 Å². The van der Waals surface area contributed by atoms with Crippen molar-refractivity contribution in [2.45, 2.75) is 63.3 Å². The van der Waals surface area contributed by atoms with Crippen LogP contribution in [0.3, 0.4) is 0 Å². The van der Waals surface area contributed by atoms with E-state index < -0.39 is 53.3 Å². The van der Waals surface area contributed by atoms with Crippen molar-refractivity contribution in [2.75, 3.05) is 0 Å². The van der Waals surface area contributed by atoms with Crippen LogP contribution in [0.2, 0.25) is 0 Å². The van der Waals surface area contributed by atoms with Gasteiger partial charge in [-0.05, 0) is 43.0 Å². The smallest absolute Gasteiger partial charge is 0.368 e. The normalized spacial score (nSPS) is 13.0. The fraction of sp³-hybridized carbons (Fsp3) is 0.500. The van der Waals surface area contributed by atoms with E-state index in [1.54, 1.807) is 6.08 Å². The van der Waals surface area contributed by atoms with E-state index in [9.17, 15) is 35.9 Å². The summed E-state index contributed by atoms with van der Waals surface area (Å²) in [4.78, 5) is 23.7. The Hall–Kier alpha value is -2.52. The molecule has 2 amide bonds. The summed E-state index contributed by atoms with van der Waals surface area (Å²) in [5.41, 5.74) is 1.75. The van der Waals surface area contributed by atoms with Crippen LogP contribution in [-0.4, -0.2) is 17.9 Å². The molecule has 1 rings (SSSR count). The molecule has 0 aromatic heterocycles. The Morgan fingerprint density at radius 1 is 0.967 bits per heavy atom. The zero-order valence-corrected chi connectivity index (χ0v) is 16.2. The molecule has 0 spiro atoms. The Bertz CT molecular complexity index is 712. The van der Waals surface area contributed by atoms with Crippen molar-refractivity contribution < 1.29 is 35.9 Å². The zero-order valence-electron chi connectivity index (χ0n) is 16.2. The minimum atomic E-state index is -5.01. The molecule has 10 heteroatoms. The molecule has 0 saturated heterocycles. The topological polar surface area (TPSA) is 72.2 Å². The van der Waals surface area contributed by atoms with Gasteiger partial charge >= 0.3 is 12.4 Å². The molecule has 0 aliphatic heterocycles. The van der Waals surface area contributed by atoms with Crippen molar-refractivity contribution in [3.05, 3.63) is 47.5 Å². The standard InChI is InChI=1S/C20H24F6N2O2/c1-2-3-4-5-6-7-8-16(18(27)30)28-17(29)11-13-9-14(19(21,22)23)12-15(10-13)20(24,25)26/h2,9-10,12,16H,1,3-8,11H2,(H2,27,30)(H,28,29)/t16-/m1/s1. The first-order valence-electron chi connectivity index (χ1n) is 9.32. The number of allylic oxidation sites excluding steroid dienone is 1. The molecule has 30 heavy (non-hydrogen) atoms. The number of benzene rings is 1. The molecule has 0 aliphatic rings. The van der Waals surface area contributed by atoms with Crippen LogP contribution in [0, 0.1) is 0 Å². The lowest BCUT2D eigenvalue weighted by molar-refractivity contribution is -0.143. The molecule has 0 unspecified atom stereocenters. The molecule has 0 bridgehead atoms. The summed E-state index contributed by atoms with van der Waals surface area (Å²) in [5.74, 6) is -1.72. The number of alkyl halides is 6. The predicted octanol–water partition coefficient (Wildman–Crippen LogP) is 4.76. The van der Waals surface area contributed by atoms with E-state index in [1.807, 2.05) is 0 Å². The number of primary amides is 1. The molecule has 0 radical (unpaired) electrons. The number of unbranched alkanes of at least 4 members (excludes halogenated alkanes) is 4. The van der Waals surface area contributed by atoms with E-state index in [-0.39, 0.29) is 12.5 Å². The highest BCUT2D eigenvalue weighted by Crippen LogP contribution is 2.36. The second-order valence-electron chi connectivity index (χ2n) is 6.89. The van der Waals surface area contributed by atoms with Crippen LogP contribution >= 0.6 is 0 Å². The average Bonchev–Trinajstić information content (AvgIpc) is 2.61. The second-order valence-corrected chi connectivity index (χ2v) is 6.89. The van der Waals surface area contributed by atoms with Gasteiger partial charge in [0.25, 0.3) is 0 Å². The van der Waals surface area contributed by atoms with Gasteiger partial charge in [-0.1, -0.05) is 25.3 Å². The average molecular weight is 438 g/mol. The van der Waals surface area contributed by atoms with Crippen LogP contribution < -0.4 is 11.1 Å². The Morgan fingerprint density at radius 3 is 1.97 bits per heavy atom. The second kappa shape index (κ2) is 11.0. The maximum Gasteiger partial charge on any atom is 0.416 e. The lowest BCUT2D eigenvalue weighted by atomic mass is 10.0. The van der Waals surface area contributed by atoms with Crippen LogP contribution in [0.25, 0.3) is 0 Å². The molecule has 3 N–H and O–H groups in total. The lowest BCUT2D eigenvalue weighted by Gasteiger charge is -2.17. The van der Waals surface area contributed by atoms with Gasteiger partial charge in [-0.15, -0.1) is 6.58 Å². The summed E-state index contributed by atoms with van der Waals surface area (Å²) in [5, 5.41) is 2.29. The van der Waals surface area contributed by atoms with Crippen molar-refractivity contribution in [2.24, 2.45) is 5.73 Å². The number of nitrogens with two attached hydrogens (primary N) is 1. The van der Waals surface area contributed by atoms with Crippen molar-refractivity contribution in [3.8, 4) is 0 Å². The van der Waals surface area contributed by atoms with Gasteiger partial charge in [-0.2, -0.15) is 26.3 Å². The molecular formula is C20H24F6N2O2. The highest BCUT2D eigenvalue weighted by Gasteiger charge is 2.37. The summed E-state index contributed by atoms with van der Waals surface area (Å²) in [6, 6.07) is -0.105. The van der Waals surface area contributed by atoms with Crippen LogP contribution in [0.15, 0.2) is 30.9 Å². The van der Waals surface area contributed by atoms with Crippen LogP contribution in [0.5, 0.6) is 0 Å².